The molecule has 0 atom stereocenters. The van der Waals surface area contributed by atoms with Crippen LogP contribution >= 0.6 is 0 Å². The van der Waals surface area contributed by atoms with Gasteiger partial charge in [0.1, 0.15) is 0 Å². The minimum Gasteiger partial charge on any atom is -0.392 e. The maximum atomic E-state index is 9.56. The Balaban J connectivity index is 1.79. The van der Waals surface area contributed by atoms with Gasteiger partial charge in [-0.05, 0) is 49.2 Å². The third-order valence-electron chi connectivity index (χ3n) is 4.80. The first-order valence-corrected chi connectivity index (χ1v) is 8.68. The van der Waals surface area contributed by atoms with E-state index in [1.807, 2.05) is 49.4 Å². The van der Waals surface area contributed by atoms with Gasteiger partial charge < -0.3 is 9.67 Å². The van der Waals surface area contributed by atoms with E-state index in [9.17, 15) is 5.11 Å². The highest BCUT2D eigenvalue weighted by molar-refractivity contribution is 5.89. The van der Waals surface area contributed by atoms with Crippen LogP contribution in [0.1, 0.15) is 28.2 Å². The van der Waals surface area contributed by atoms with E-state index in [1.165, 1.54) is 0 Å². The van der Waals surface area contributed by atoms with Crippen LogP contribution in [0.4, 0.5) is 0 Å². The zero-order chi connectivity index (χ0) is 18.1. The lowest BCUT2D eigenvalue weighted by molar-refractivity contribution is 0.281. The third-order valence-corrected chi connectivity index (χ3v) is 4.80. The molecule has 0 fully saturated rings. The number of aryl methyl sites for hydroxylation is 1. The minimum absolute atomic E-state index is 0.0525. The number of aromatic amines is 1. The Kier molecular flexibility index (Phi) is 4.19. The maximum absolute atomic E-state index is 9.56. The fraction of sp³-hybridized carbons (Fsp3) is 0.136. The number of hydrogen-bond donors (Lipinski definition) is 2. The van der Waals surface area contributed by atoms with Gasteiger partial charge in [0.15, 0.2) is 0 Å². The summed E-state index contributed by atoms with van der Waals surface area (Å²) in [6.45, 7) is 4.16. The number of rotatable bonds is 4. The monoisotopic (exact) mass is 343 g/mol. The number of H-pyrrole nitrogens is 1. The van der Waals surface area contributed by atoms with Crippen molar-refractivity contribution >= 4 is 23.1 Å². The van der Waals surface area contributed by atoms with Crippen molar-refractivity contribution in [3.8, 4) is 5.69 Å². The summed E-state index contributed by atoms with van der Waals surface area (Å²) in [6, 6.07) is 18.4. The zero-order valence-corrected chi connectivity index (χ0v) is 14.9. The standard InChI is InChI=1S/C22H21N3O/c1-15-13-18(14-26)16(2)25(15)22-10-6-3-7-17(22)11-12-21-19-8-4-5-9-20(19)23-24-21/h3-13,26H,14H2,1-2H3,(H,23,24). The van der Waals surface area contributed by atoms with E-state index in [0.29, 0.717) is 0 Å². The van der Waals surface area contributed by atoms with Crippen molar-refractivity contribution in [2.24, 2.45) is 0 Å². The van der Waals surface area contributed by atoms with E-state index in [4.69, 9.17) is 0 Å². The van der Waals surface area contributed by atoms with Crippen LogP contribution < -0.4 is 0 Å². The molecule has 2 heterocycles. The Hall–Kier alpha value is -3.11. The average Bonchev–Trinajstić information content (AvgIpc) is 3.20. The summed E-state index contributed by atoms with van der Waals surface area (Å²) in [4.78, 5) is 0. The molecule has 0 aliphatic heterocycles. The second-order valence-corrected chi connectivity index (χ2v) is 6.44. The highest BCUT2D eigenvalue weighted by Gasteiger charge is 2.12. The van der Waals surface area contributed by atoms with Gasteiger partial charge in [-0.1, -0.05) is 42.5 Å². The second-order valence-electron chi connectivity index (χ2n) is 6.44. The van der Waals surface area contributed by atoms with E-state index in [1.54, 1.807) is 0 Å². The molecule has 4 aromatic rings. The first-order chi connectivity index (χ1) is 12.7. The van der Waals surface area contributed by atoms with Gasteiger partial charge in [0.05, 0.1) is 23.5 Å². The van der Waals surface area contributed by atoms with Crippen molar-refractivity contribution in [2.75, 3.05) is 0 Å². The number of aliphatic hydroxyl groups excluding tert-OH is 1. The number of benzene rings is 2. The number of aromatic nitrogens is 3. The summed E-state index contributed by atoms with van der Waals surface area (Å²) < 4.78 is 2.19. The lowest BCUT2D eigenvalue weighted by Crippen LogP contribution is -2.01. The molecular weight excluding hydrogens is 322 g/mol. The van der Waals surface area contributed by atoms with E-state index in [2.05, 4.69) is 46.0 Å². The fourth-order valence-electron chi connectivity index (χ4n) is 3.47. The van der Waals surface area contributed by atoms with E-state index >= 15 is 0 Å². The van der Waals surface area contributed by atoms with Crippen molar-refractivity contribution in [1.82, 2.24) is 14.8 Å². The molecule has 0 amide bonds. The normalized spacial score (nSPS) is 11.7. The van der Waals surface area contributed by atoms with Crippen molar-refractivity contribution in [1.29, 1.82) is 0 Å². The van der Waals surface area contributed by atoms with Crippen molar-refractivity contribution < 1.29 is 5.11 Å². The van der Waals surface area contributed by atoms with Gasteiger partial charge in [0.25, 0.3) is 0 Å². The molecule has 130 valence electrons. The van der Waals surface area contributed by atoms with Gasteiger partial charge in [-0.25, -0.2) is 0 Å². The van der Waals surface area contributed by atoms with Crippen LogP contribution in [0.2, 0.25) is 0 Å². The van der Waals surface area contributed by atoms with Crippen LogP contribution in [0.5, 0.6) is 0 Å². The molecule has 0 saturated carbocycles. The molecule has 0 spiro atoms. The minimum atomic E-state index is 0.0525. The number of hydrogen-bond acceptors (Lipinski definition) is 2. The third kappa shape index (κ3) is 2.74. The molecule has 2 N–H and O–H groups in total. The highest BCUT2D eigenvalue weighted by Crippen LogP contribution is 2.25. The first kappa shape index (κ1) is 16.4. The molecule has 0 aliphatic rings. The molecule has 0 saturated heterocycles. The first-order valence-electron chi connectivity index (χ1n) is 8.68. The second kappa shape index (κ2) is 6.65. The lowest BCUT2D eigenvalue weighted by Gasteiger charge is -2.13. The van der Waals surface area contributed by atoms with Gasteiger partial charge in [-0.15, -0.1) is 0 Å². The van der Waals surface area contributed by atoms with Gasteiger partial charge in [-0.2, -0.15) is 5.10 Å². The summed E-state index contributed by atoms with van der Waals surface area (Å²) >= 11 is 0. The van der Waals surface area contributed by atoms with Gasteiger partial charge in [-0.3, -0.25) is 5.10 Å². The largest absolute Gasteiger partial charge is 0.392 e. The van der Waals surface area contributed by atoms with Crippen molar-refractivity contribution in [3.63, 3.8) is 0 Å². The Morgan fingerprint density at radius 2 is 1.81 bits per heavy atom. The topological polar surface area (TPSA) is 53.8 Å². The Morgan fingerprint density at radius 3 is 2.62 bits per heavy atom. The quantitative estimate of drug-likeness (QED) is 0.567. The highest BCUT2D eigenvalue weighted by atomic mass is 16.3. The van der Waals surface area contributed by atoms with Gasteiger partial charge in [0.2, 0.25) is 0 Å². The summed E-state index contributed by atoms with van der Waals surface area (Å²) in [7, 11) is 0. The van der Waals surface area contributed by atoms with Crippen molar-refractivity contribution in [2.45, 2.75) is 20.5 Å². The molecule has 26 heavy (non-hydrogen) atoms. The van der Waals surface area contributed by atoms with Gasteiger partial charge >= 0.3 is 0 Å². The average molecular weight is 343 g/mol. The predicted molar refractivity (Wildman–Crippen MR) is 106 cm³/mol. The number of nitrogens with zero attached hydrogens (tertiary/aromatic N) is 2. The van der Waals surface area contributed by atoms with Crippen LogP contribution in [-0.2, 0) is 6.61 Å². The zero-order valence-electron chi connectivity index (χ0n) is 14.9. The molecule has 0 aliphatic carbocycles. The van der Waals surface area contributed by atoms with Gasteiger partial charge in [0, 0.05) is 16.8 Å². The Morgan fingerprint density at radius 1 is 1.04 bits per heavy atom. The van der Waals surface area contributed by atoms with Crippen LogP contribution in [-0.4, -0.2) is 19.9 Å². The van der Waals surface area contributed by atoms with Crippen molar-refractivity contribution in [3.05, 3.63) is 82.8 Å². The van der Waals surface area contributed by atoms with E-state index < -0.39 is 0 Å². The summed E-state index contributed by atoms with van der Waals surface area (Å²) in [5.74, 6) is 0. The van der Waals surface area contributed by atoms with E-state index in [0.717, 1.165) is 44.8 Å². The van der Waals surface area contributed by atoms with E-state index in [-0.39, 0.29) is 6.61 Å². The predicted octanol–water partition coefficient (Wildman–Crippen LogP) is 4.63. The Bertz CT molecular complexity index is 1100. The molecule has 4 rings (SSSR count). The summed E-state index contributed by atoms with van der Waals surface area (Å²) in [5.41, 5.74) is 7.29. The van der Waals surface area contributed by atoms with Crippen LogP contribution in [0.3, 0.4) is 0 Å². The number of fused-ring (bicyclic) bond motifs is 1. The Labute approximate surface area is 152 Å². The van der Waals surface area contributed by atoms with Crippen LogP contribution in [0.15, 0.2) is 54.6 Å². The molecule has 4 nitrogen and oxygen atoms in total. The maximum Gasteiger partial charge on any atom is 0.0927 e. The summed E-state index contributed by atoms with van der Waals surface area (Å²) in [5, 5.41) is 18.2. The molecule has 0 radical (unpaired) electrons. The molecular formula is C22H21N3O. The summed E-state index contributed by atoms with van der Waals surface area (Å²) in [6.07, 6.45) is 4.13. The molecule has 0 bridgehead atoms. The fourth-order valence-corrected chi connectivity index (χ4v) is 3.47. The van der Waals surface area contributed by atoms with Crippen LogP contribution in [0, 0.1) is 13.8 Å². The number of para-hydroxylation sites is 2. The number of nitrogens with one attached hydrogen (secondary N) is 1. The lowest BCUT2D eigenvalue weighted by atomic mass is 10.1. The molecule has 2 aromatic carbocycles. The smallest absolute Gasteiger partial charge is 0.0927 e. The molecule has 0 unspecified atom stereocenters. The molecule has 2 aromatic heterocycles. The van der Waals surface area contributed by atoms with Crippen LogP contribution in [0.25, 0.3) is 28.7 Å². The molecule has 4 heteroatoms. The SMILES string of the molecule is Cc1cc(CO)c(C)n1-c1ccccc1C=Cc1n[nH]c2ccccc12. The number of aliphatic hydroxyl groups is 1.